The summed E-state index contributed by atoms with van der Waals surface area (Å²) in [5, 5.41) is 3.61. The zero-order chi connectivity index (χ0) is 13.8. The summed E-state index contributed by atoms with van der Waals surface area (Å²) < 4.78 is 10.7. The van der Waals surface area contributed by atoms with E-state index in [0.717, 1.165) is 24.0 Å². The normalized spacial score (nSPS) is 17.9. The maximum atomic E-state index is 5.37. The van der Waals surface area contributed by atoms with Crippen molar-refractivity contribution in [3.05, 3.63) is 23.8 Å². The van der Waals surface area contributed by atoms with Crippen molar-refractivity contribution in [1.29, 1.82) is 0 Å². The van der Waals surface area contributed by atoms with Crippen LogP contribution in [-0.4, -0.2) is 20.8 Å². The second kappa shape index (κ2) is 6.29. The molecule has 0 radical (unpaired) electrons. The van der Waals surface area contributed by atoms with E-state index in [1.807, 2.05) is 6.07 Å². The van der Waals surface area contributed by atoms with Crippen LogP contribution < -0.4 is 14.8 Å². The molecule has 1 aliphatic carbocycles. The van der Waals surface area contributed by atoms with Crippen molar-refractivity contribution in [3.63, 3.8) is 0 Å². The molecule has 2 rings (SSSR count). The molecule has 106 valence electrons. The summed E-state index contributed by atoms with van der Waals surface area (Å²) in [6, 6.07) is 6.54. The summed E-state index contributed by atoms with van der Waals surface area (Å²) >= 11 is 0. The fourth-order valence-electron chi connectivity index (χ4n) is 2.73. The molecule has 0 amide bonds. The molecule has 0 saturated heterocycles. The van der Waals surface area contributed by atoms with Crippen molar-refractivity contribution >= 4 is 0 Å². The van der Waals surface area contributed by atoms with Gasteiger partial charge in [-0.25, -0.2) is 0 Å². The van der Waals surface area contributed by atoms with Crippen LogP contribution in [0.5, 0.6) is 11.5 Å². The molecule has 1 aromatic carbocycles. The molecule has 1 N–H and O–H groups in total. The minimum Gasteiger partial charge on any atom is -0.497 e. The zero-order valence-corrected chi connectivity index (χ0v) is 12.4. The predicted molar refractivity (Wildman–Crippen MR) is 77.9 cm³/mol. The third-order valence-corrected chi connectivity index (χ3v) is 4.05. The minimum atomic E-state index is 0.376. The van der Waals surface area contributed by atoms with Gasteiger partial charge in [0.1, 0.15) is 11.5 Å². The van der Waals surface area contributed by atoms with Crippen molar-refractivity contribution in [2.45, 2.75) is 32.7 Å². The second-order valence-corrected chi connectivity index (χ2v) is 5.38. The number of nitrogens with one attached hydrogen (secondary N) is 1. The number of benzene rings is 1. The lowest BCUT2D eigenvalue weighted by molar-refractivity contribution is 0.348. The monoisotopic (exact) mass is 263 g/mol. The molecule has 3 heteroatoms. The minimum absolute atomic E-state index is 0.376. The van der Waals surface area contributed by atoms with Gasteiger partial charge >= 0.3 is 0 Å². The maximum absolute atomic E-state index is 5.37. The van der Waals surface area contributed by atoms with Crippen LogP contribution in [0.4, 0.5) is 0 Å². The molecule has 1 aliphatic rings. The van der Waals surface area contributed by atoms with E-state index in [9.17, 15) is 0 Å². The van der Waals surface area contributed by atoms with Gasteiger partial charge in [0.05, 0.1) is 14.2 Å². The standard InChI is InChI=1S/C16H25NO2/c1-5-17-16(11(2)12-6-7-12)13-8-14(18-3)10-15(9-13)19-4/h8-12,16-17H,5-7H2,1-4H3. The van der Waals surface area contributed by atoms with Crippen molar-refractivity contribution in [1.82, 2.24) is 5.32 Å². The molecule has 2 unspecified atom stereocenters. The van der Waals surface area contributed by atoms with E-state index in [4.69, 9.17) is 9.47 Å². The van der Waals surface area contributed by atoms with Gasteiger partial charge < -0.3 is 14.8 Å². The van der Waals surface area contributed by atoms with Crippen molar-refractivity contribution in [2.24, 2.45) is 11.8 Å². The molecule has 1 saturated carbocycles. The molecule has 1 aromatic rings. The molecule has 0 spiro atoms. The third-order valence-electron chi connectivity index (χ3n) is 4.05. The summed E-state index contributed by atoms with van der Waals surface area (Å²) in [6.45, 7) is 5.47. The number of hydrogen-bond acceptors (Lipinski definition) is 3. The Morgan fingerprint density at radius 2 is 1.74 bits per heavy atom. The molecule has 0 bridgehead atoms. The van der Waals surface area contributed by atoms with Gasteiger partial charge in [-0.1, -0.05) is 13.8 Å². The number of hydrogen-bond donors (Lipinski definition) is 1. The van der Waals surface area contributed by atoms with Gasteiger partial charge in [-0.15, -0.1) is 0 Å². The van der Waals surface area contributed by atoms with E-state index in [0.29, 0.717) is 12.0 Å². The summed E-state index contributed by atoms with van der Waals surface area (Å²) in [6.07, 6.45) is 2.73. The van der Waals surface area contributed by atoms with Crippen LogP contribution in [0.25, 0.3) is 0 Å². The SMILES string of the molecule is CCNC(c1cc(OC)cc(OC)c1)C(C)C1CC1. The highest BCUT2D eigenvalue weighted by Crippen LogP contribution is 2.43. The lowest BCUT2D eigenvalue weighted by Gasteiger charge is -2.26. The van der Waals surface area contributed by atoms with Gasteiger partial charge in [0.2, 0.25) is 0 Å². The Balaban J connectivity index is 2.28. The van der Waals surface area contributed by atoms with Gasteiger partial charge in [0, 0.05) is 12.1 Å². The predicted octanol–water partition coefficient (Wildman–Crippen LogP) is 3.40. The quantitative estimate of drug-likeness (QED) is 0.818. The lowest BCUT2D eigenvalue weighted by atomic mass is 9.90. The number of ether oxygens (including phenoxy) is 2. The van der Waals surface area contributed by atoms with Crippen LogP contribution in [0.15, 0.2) is 18.2 Å². The molecule has 2 atom stereocenters. The number of rotatable bonds is 7. The first-order valence-corrected chi connectivity index (χ1v) is 7.16. The molecule has 3 nitrogen and oxygen atoms in total. The van der Waals surface area contributed by atoms with Crippen LogP contribution in [-0.2, 0) is 0 Å². The van der Waals surface area contributed by atoms with E-state index in [1.165, 1.54) is 18.4 Å². The average molecular weight is 263 g/mol. The van der Waals surface area contributed by atoms with E-state index < -0.39 is 0 Å². The fourth-order valence-corrected chi connectivity index (χ4v) is 2.73. The van der Waals surface area contributed by atoms with Gasteiger partial charge in [0.15, 0.2) is 0 Å². The third kappa shape index (κ3) is 3.41. The van der Waals surface area contributed by atoms with E-state index in [-0.39, 0.29) is 0 Å². The first kappa shape index (κ1) is 14.2. The first-order valence-electron chi connectivity index (χ1n) is 7.16. The Labute approximate surface area is 116 Å². The van der Waals surface area contributed by atoms with Gasteiger partial charge in [-0.05, 0) is 48.9 Å². The number of methoxy groups -OCH3 is 2. The Hall–Kier alpha value is -1.22. The highest BCUT2D eigenvalue weighted by atomic mass is 16.5. The summed E-state index contributed by atoms with van der Waals surface area (Å²) in [7, 11) is 3.40. The summed E-state index contributed by atoms with van der Waals surface area (Å²) in [5.74, 6) is 3.23. The lowest BCUT2D eigenvalue weighted by Crippen LogP contribution is -2.28. The van der Waals surface area contributed by atoms with E-state index >= 15 is 0 Å². The molecule has 0 heterocycles. The van der Waals surface area contributed by atoms with E-state index in [1.54, 1.807) is 14.2 Å². The second-order valence-electron chi connectivity index (χ2n) is 5.38. The maximum Gasteiger partial charge on any atom is 0.122 e. The summed E-state index contributed by atoms with van der Waals surface area (Å²) in [4.78, 5) is 0. The van der Waals surface area contributed by atoms with Crippen molar-refractivity contribution in [3.8, 4) is 11.5 Å². The molecular weight excluding hydrogens is 238 g/mol. The van der Waals surface area contributed by atoms with Crippen LogP contribution in [0.3, 0.4) is 0 Å². The average Bonchev–Trinajstić information content (AvgIpc) is 3.27. The molecule has 0 aromatic heterocycles. The Morgan fingerprint density at radius 3 is 2.16 bits per heavy atom. The Bertz CT molecular complexity index is 393. The Kier molecular flexibility index (Phi) is 4.70. The van der Waals surface area contributed by atoms with Crippen molar-refractivity contribution < 1.29 is 9.47 Å². The molecular formula is C16H25NO2. The van der Waals surface area contributed by atoms with Crippen LogP contribution in [0, 0.1) is 11.8 Å². The zero-order valence-electron chi connectivity index (χ0n) is 12.4. The van der Waals surface area contributed by atoms with Gasteiger partial charge in [-0.3, -0.25) is 0 Å². The Morgan fingerprint density at radius 1 is 1.16 bits per heavy atom. The fraction of sp³-hybridized carbons (Fsp3) is 0.625. The molecule has 0 aliphatic heterocycles. The van der Waals surface area contributed by atoms with Gasteiger partial charge in [0.25, 0.3) is 0 Å². The van der Waals surface area contributed by atoms with Crippen LogP contribution in [0.1, 0.15) is 38.3 Å². The van der Waals surface area contributed by atoms with Crippen LogP contribution in [0.2, 0.25) is 0 Å². The topological polar surface area (TPSA) is 30.5 Å². The smallest absolute Gasteiger partial charge is 0.122 e. The first-order chi connectivity index (χ1) is 9.19. The highest BCUT2D eigenvalue weighted by molar-refractivity contribution is 5.40. The molecule has 19 heavy (non-hydrogen) atoms. The molecule has 1 fully saturated rings. The van der Waals surface area contributed by atoms with Crippen LogP contribution >= 0.6 is 0 Å². The van der Waals surface area contributed by atoms with E-state index in [2.05, 4.69) is 31.3 Å². The van der Waals surface area contributed by atoms with Gasteiger partial charge in [-0.2, -0.15) is 0 Å². The summed E-state index contributed by atoms with van der Waals surface area (Å²) in [5.41, 5.74) is 1.26. The highest BCUT2D eigenvalue weighted by Gasteiger charge is 2.33. The van der Waals surface area contributed by atoms with Crippen molar-refractivity contribution in [2.75, 3.05) is 20.8 Å². The largest absolute Gasteiger partial charge is 0.497 e.